The molecule has 3 heterocycles. The molecule has 28 heavy (non-hydrogen) atoms. The second kappa shape index (κ2) is 6.80. The molecule has 0 aliphatic carbocycles. The Hall–Kier alpha value is -3.69. The van der Waals surface area contributed by atoms with Gasteiger partial charge in [0.05, 0.1) is 18.4 Å². The van der Waals surface area contributed by atoms with Crippen LogP contribution in [0.25, 0.3) is 11.0 Å². The molecule has 1 unspecified atom stereocenters. The monoisotopic (exact) mass is 382 g/mol. The summed E-state index contributed by atoms with van der Waals surface area (Å²) in [5.74, 6) is -0.247. The van der Waals surface area contributed by atoms with Crippen LogP contribution >= 0.6 is 0 Å². The molecule has 2 aromatic heterocycles. The zero-order valence-corrected chi connectivity index (χ0v) is 15.3. The number of benzene rings is 1. The van der Waals surface area contributed by atoms with E-state index in [0.29, 0.717) is 22.5 Å². The molecule has 2 amide bonds. The Morgan fingerprint density at radius 1 is 1.32 bits per heavy atom. The topological polar surface area (TPSA) is 111 Å². The van der Waals surface area contributed by atoms with Gasteiger partial charge >= 0.3 is 0 Å². The molecule has 144 valence electrons. The lowest BCUT2D eigenvalue weighted by atomic mass is 10.1. The van der Waals surface area contributed by atoms with Crippen molar-refractivity contribution in [1.82, 2.24) is 24.6 Å². The summed E-state index contributed by atoms with van der Waals surface area (Å²) in [4.78, 5) is 43.4. The van der Waals surface area contributed by atoms with E-state index in [1.165, 1.54) is 33.7 Å². The van der Waals surface area contributed by atoms with Gasteiger partial charge in [-0.05, 0) is 12.1 Å². The number of nitrogens with one attached hydrogen (secondary N) is 1. The van der Waals surface area contributed by atoms with Crippen molar-refractivity contribution >= 4 is 28.5 Å². The molecule has 1 atom stereocenters. The number of aryl methyl sites for hydroxylation is 1. The SMILES string of the molecule is CNC(=O)C1CN(C(=O)Cn2cnc3c(cnn3C)c2=O)c2ccccc2O1. The lowest BCUT2D eigenvalue weighted by molar-refractivity contribution is -0.128. The van der Waals surface area contributed by atoms with Gasteiger partial charge in [0, 0.05) is 14.1 Å². The molecule has 0 bridgehead atoms. The summed E-state index contributed by atoms with van der Waals surface area (Å²) in [5.41, 5.74) is 0.650. The smallest absolute Gasteiger partial charge is 0.264 e. The Labute approximate surface area is 159 Å². The van der Waals surface area contributed by atoms with Crippen molar-refractivity contribution in [2.75, 3.05) is 18.5 Å². The second-order valence-electron chi connectivity index (χ2n) is 6.38. The van der Waals surface area contributed by atoms with E-state index in [-0.39, 0.29) is 30.5 Å². The third kappa shape index (κ3) is 2.88. The number of anilines is 1. The van der Waals surface area contributed by atoms with Gasteiger partial charge in [-0.2, -0.15) is 5.10 Å². The molecule has 0 radical (unpaired) electrons. The van der Waals surface area contributed by atoms with E-state index in [2.05, 4.69) is 15.4 Å². The molecular weight excluding hydrogens is 364 g/mol. The number of aromatic nitrogens is 4. The fourth-order valence-corrected chi connectivity index (χ4v) is 3.18. The number of amides is 2. The number of likely N-dealkylation sites (N-methyl/N-ethyl adjacent to an activating group) is 1. The first-order chi connectivity index (χ1) is 13.5. The molecular formula is C18H18N6O4. The van der Waals surface area contributed by atoms with Crippen molar-refractivity contribution in [3.63, 3.8) is 0 Å². The summed E-state index contributed by atoms with van der Waals surface area (Å²) in [6, 6.07) is 6.97. The second-order valence-corrected chi connectivity index (χ2v) is 6.38. The Balaban J connectivity index is 1.66. The van der Waals surface area contributed by atoms with Crippen LogP contribution in [0.5, 0.6) is 5.75 Å². The largest absolute Gasteiger partial charge is 0.477 e. The van der Waals surface area contributed by atoms with Gasteiger partial charge < -0.3 is 15.0 Å². The van der Waals surface area contributed by atoms with Crippen molar-refractivity contribution in [3.05, 3.63) is 47.1 Å². The van der Waals surface area contributed by atoms with Gasteiger partial charge in [0.1, 0.15) is 24.0 Å². The van der Waals surface area contributed by atoms with E-state index in [1.54, 1.807) is 31.3 Å². The summed E-state index contributed by atoms with van der Waals surface area (Å²) < 4.78 is 8.43. The van der Waals surface area contributed by atoms with E-state index in [1.807, 2.05) is 0 Å². The molecule has 1 N–H and O–H groups in total. The molecule has 1 aliphatic rings. The summed E-state index contributed by atoms with van der Waals surface area (Å²) >= 11 is 0. The summed E-state index contributed by atoms with van der Waals surface area (Å²) in [5, 5.41) is 6.89. The van der Waals surface area contributed by atoms with Gasteiger partial charge in [-0.1, -0.05) is 12.1 Å². The van der Waals surface area contributed by atoms with Crippen LogP contribution in [0.4, 0.5) is 5.69 Å². The molecule has 3 aromatic rings. The number of fused-ring (bicyclic) bond motifs is 2. The number of rotatable bonds is 3. The zero-order valence-electron chi connectivity index (χ0n) is 15.3. The lowest BCUT2D eigenvalue weighted by Gasteiger charge is -2.34. The van der Waals surface area contributed by atoms with E-state index < -0.39 is 6.10 Å². The minimum absolute atomic E-state index is 0.0484. The predicted octanol–water partition coefficient (Wildman–Crippen LogP) is -0.330. The lowest BCUT2D eigenvalue weighted by Crippen LogP contribution is -2.51. The molecule has 10 heteroatoms. The molecule has 1 aliphatic heterocycles. The van der Waals surface area contributed by atoms with E-state index >= 15 is 0 Å². The Kier molecular flexibility index (Phi) is 4.30. The maximum atomic E-state index is 13.0. The number of ether oxygens (including phenoxy) is 1. The highest BCUT2D eigenvalue weighted by Crippen LogP contribution is 2.33. The third-order valence-corrected chi connectivity index (χ3v) is 4.64. The van der Waals surface area contributed by atoms with Crippen LogP contribution in [0.15, 0.2) is 41.6 Å². The molecule has 0 spiro atoms. The quantitative estimate of drug-likeness (QED) is 0.664. The van der Waals surface area contributed by atoms with Crippen molar-refractivity contribution < 1.29 is 14.3 Å². The minimum atomic E-state index is -0.834. The Bertz CT molecular complexity index is 1130. The van der Waals surface area contributed by atoms with Crippen LogP contribution in [0.1, 0.15) is 0 Å². The minimum Gasteiger partial charge on any atom is -0.477 e. The molecule has 10 nitrogen and oxygen atoms in total. The van der Waals surface area contributed by atoms with Crippen LogP contribution < -0.4 is 20.5 Å². The molecule has 0 saturated carbocycles. The summed E-state index contributed by atoms with van der Waals surface area (Å²) in [6.07, 6.45) is 1.92. The number of hydrogen-bond donors (Lipinski definition) is 1. The first-order valence-electron chi connectivity index (χ1n) is 8.64. The van der Waals surface area contributed by atoms with Gasteiger partial charge in [0.2, 0.25) is 5.91 Å². The maximum Gasteiger partial charge on any atom is 0.264 e. The summed E-state index contributed by atoms with van der Waals surface area (Å²) in [6.45, 7) is -0.168. The highest BCUT2D eigenvalue weighted by atomic mass is 16.5. The van der Waals surface area contributed by atoms with Crippen molar-refractivity contribution in [3.8, 4) is 5.75 Å². The first-order valence-corrected chi connectivity index (χ1v) is 8.64. The average Bonchev–Trinajstić information content (AvgIpc) is 3.10. The zero-order chi connectivity index (χ0) is 19.8. The van der Waals surface area contributed by atoms with E-state index in [0.717, 1.165) is 0 Å². The maximum absolute atomic E-state index is 13.0. The van der Waals surface area contributed by atoms with Crippen molar-refractivity contribution in [1.29, 1.82) is 0 Å². The number of nitrogens with zero attached hydrogens (tertiary/aromatic N) is 5. The fourth-order valence-electron chi connectivity index (χ4n) is 3.18. The number of carbonyl (C=O) groups excluding carboxylic acids is 2. The van der Waals surface area contributed by atoms with E-state index in [4.69, 9.17) is 4.74 Å². The highest BCUT2D eigenvalue weighted by molar-refractivity contribution is 5.97. The molecule has 4 rings (SSSR count). The average molecular weight is 382 g/mol. The standard InChI is InChI=1S/C18H18N6O4/c1-19-17(26)14-8-24(12-5-3-4-6-13(12)28-14)15(25)9-23-10-20-16-11(18(23)27)7-21-22(16)2/h3-7,10,14H,8-9H2,1-2H3,(H,19,26). The van der Waals surface area contributed by atoms with Crippen molar-refractivity contribution in [2.24, 2.45) is 7.05 Å². The van der Waals surface area contributed by atoms with Crippen LogP contribution in [0.2, 0.25) is 0 Å². The van der Waals surface area contributed by atoms with Gasteiger partial charge in [0.15, 0.2) is 11.8 Å². The highest BCUT2D eigenvalue weighted by Gasteiger charge is 2.33. The first kappa shape index (κ1) is 17.7. The number of carbonyl (C=O) groups is 2. The Morgan fingerprint density at radius 3 is 2.89 bits per heavy atom. The third-order valence-electron chi connectivity index (χ3n) is 4.64. The normalized spacial score (nSPS) is 15.8. The van der Waals surface area contributed by atoms with Crippen molar-refractivity contribution in [2.45, 2.75) is 12.6 Å². The number of hydrogen-bond acceptors (Lipinski definition) is 6. The number of para-hydroxylation sites is 2. The van der Waals surface area contributed by atoms with Gasteiger partial charge in [-0.25, -0.2) is 4.98 Å². The van der Waals surface area contributed by atoms with Crippen LogP contribution in [0, 0.1) is 0 Å². The Morgan fingerprint density at radius 2 is 2.11 bits per heavy atom. The van der Waals surface area contributed by atoms with Crippen LogP contribution in [-0.2, 0) is 23.2 Å². The van der Waals surface area contributed by atoms with Crippen LogP contribution in [0.3, 0.4) is 0 Å². The molecule has 0 fully saturated rings. The predicted molar refractivity (Wildman–Crippen MR) is 100 cm³/mol. The molecule has 0 saturated heterocycles. The van der Waals surface area contributed by atoms with Gasteiger partial charge in [-0.15, -0.1) is 0 Å². The van der Waals surface area contributed by atoms with Gasteiger partial charge in [0.25, 0.3) is 11.5 Å². The van der Waals surface area contributed by atoms with Gasteiger partial charge in [-0.3, -0.25) is 23.6 Å². The van der Waals surface area contributed by atoms with E-state index in [9.17, 15) is 14.4 Å². The van der Waals surface area contributed by atoms with Crippen LogP contribution in [-0.4, -0.2) is 50.8 Å². The summed E-state index contributed by atoms with van der Waals surface area (Å²) in [7, 11) is 3.19. The fraction of sp³-hybridized carbons (Fsp3) is 0.278. The molecule has 1 aromatic carbocycles.